The van der Waals surface area contributed by atoms with Crippen molar-refractivity contribution in [1.82, 2.24) is 30.1 Å². The van der Waals surface area contributed by atoms with E-state index in [-0.39, 0.29) is 0 Å². The summed E-state index contributed by atoms with van der Waals surface area (Å²) in [6.07, 6.45) is 9.91. The molecule has 0 radical (unpaired) electrons. The molecule has 2 fully saturated rings. The van der Waals surface area contributed by atoms with Crippen molar-refractivity contribution in [3.8, 4) is 0 Å². The Kier molecular flexibility index (Phi) is 4.08. The van der Waals surface area contributed by atoms with E-state index in [0.717, 1.165) is 31.3 Å². The number of rotatable bonds is 5. The molecule has 0 spiro atoms. The summed E-state index contributed by atoms with van der Waals surface area (Å²) >= 11 is 0. The minimum atomic E-state index is 0.310. The fourth-order valence-corrected chi connectivity index (χ4v) is 3.61. The van der Waals surface area contributed by atoms with Crippen molar-refractivity contribution >= 4 is 0 Å². The van der Waals surface area contributed by atoms with Gasteiger partial charge in [-0.1, -0.05) is 6.07 Å². The number of piperidine rings is 1. The van der Waals surface area contributed by atoms with Crippen LogP contribution in [-0.2, 0) is 6.42 Å². The summed E-state index contributed by atoms with van der Waals surface area (Å²) in [6, 6.07) is 5.08. The second-order valence-electron chi connectivity index (χ2n) is 6.93. The van der Waals surface area contributed by atoms with Gasteiger partial charge < -0.3 is 0 Å². The molecule has 1 saturated heterocycles. The second kappa shape index (κ2) is 6.35. The molecule has 4 rings (SSSR count). The highest BCUT2D eigenvalue weighted by molar-refractivity contribution is 5.09. The van der Waals surface area contributed by atoms with Crippen molar-refractivity contribution in [3.05, 3.63) is 35.9 Å². The van der Waals surface area contributed by atoms with Gasteiger partial charge in [-0.05, 0) is 80.1 Å². The fraction of sp³-hybridized carbons (Fsp3) is 0.647. The SMILES string of the molecule is C[C@H](c1nnnn1C1CC1)N1CCC(Cc2cccnc2)CC1. The van der Waals surface area contributed by atoms with Gasteiger partial charge in [0.2, 0.25) is 0 Å². The van der Waals surface area contributed by atoms with Crippen molar-refractivity contribution in [2.24, 2.45) is 5.92 Å². The van der Waals surface area contributed by atoms with Crippen molar-refractivity contribution in [1.29, 1.82) is 0 Å². The van der Waals surface area contributed by atoms with Gasteiger partial charge in [0.1, 0.15) is 0 Å². The Bertz CT molecular complexity index is 628. The van der Waals surface area contributed by atoms with E-state index < -0.39 is 0 Å². The molecular formula is C17H24N6. The topological polar surface area (TPSA) is 59.7 Å². The summed E-state index contributed by atoms with van der Waals surface area (Å²) < 4.78 is 2.05. The molecule has 0 unspecified atom stereocenters. The highest BCUT2D eigenvalue weighted by atomic mass is 15.6. The lowest BCUT2D eigenvalue weighted by atomic mass is 9.90. The van der Waals surface area contributed by atoms with E-state index >= 15 is 0 Å². The summed E-state index contributed by atoms with van der Waals surface area (Å²) in [6.45, 7) is 4.50. The molecule has 0 bridgehead atoms. The zero-order valence-corrected chi connectivity index (χ0v) is 13.7. The first-order valence-electron chi connectivity index (χ1n) is 8.72. The molecule has 6 heteroatoms. The lowest BCUT2D eigenvalue weighted by Crippen LogP contribution is -2.37. The van der Waals surface area contributed by atoms with Crippen LogP contribution in [0.5, 0.6) is 0 Å². The summed E-state index contributed by atoms with van der Waals surface area (Å²) in [7, 11) is 0. The van der Waals surface area contributed by atoms with Crippen LogP contribution in [0, 0.1) is 5.92 Å². The molecule has 1 saturated carbocycles. The van der Waals surface area contributed by atoms with Gasteiger partial charge in [0.25, 0.3) is 0 Å². The first-order valence-corrected chi connectivity index (χ1v) is 8.72. The maximum Gasteiger partial charge on any atom is 0.168 e. The average molecular weight is 312 g/mol. The Labute approximate surface area is 136 Å². The van der Waals surface area contributed by atoms with Gasteiger partial charge in [-0.15, -0.1) is 5.10 Å². The number of aromatic nitrogens is 5. The van der Waals surface area contributed by atoms with Gasteiger partial charge in [0, 0.05) is 12.4 Å². The third-order valence-electron chi connectivity index (χ3n) is 5.23. The first kappa shape index (κ1) is 14.8. The minimum Gasteiger partial charge on any atom is -0.294 e. The molecule has 2 aromatic rings. The van der Waals surface area contributed by atoms with Crippen LogP contribution in [0.15, 0.2) is 24.5 Å². The zero-order chi connectivity index (χ0) is 15.6. The molecule has 1 aliphatic carbocycles. The van der Waals surface area contributed by atoms with Crippen molar-refractivity contribution in [2.75, 3.05) is 13.1 Å². The highest BCUT2D eigenvalue weighted by Gasteiger charge is 2.32. The van der Waals surface area contributed by atoms with E-state index in [4.69, 9.17) is 0 Å². The lowest BCUT2D eigenvalue weighted by Gasteiger charge is -2.35. The first-order chi connectivity index (χ1) is 11.3. The summed E-state index contributed by atoms with van der Waals surface area (Å²) in [5.74, 6) is 1.81. The molecule has 2 aromatic heterocycles. The minimum absolute atomic E-state index is 0.310. The standard InChI is InChI=1S/C17H24N6/c1-13(17-19-20-21-23(17)16-4-5-16)22-9-6-14(7-10-22)11-15-3-2-8-18-12-15/h2-3,8,12-14,16H,4-7,9-11H2,1H3/t13-/m1/s1. The van der Waals surface area contributed by atoms with Crippen LogP contribution in [0.25, 0.3) is 0 Å². The second-order valence-corrected chi connectivity index (χ2v) is 6.93. The highest BCUT2D eigenvalue weighted by Crippen LogP contribution is 2.36. The lowest BCUT2D eigenvalue weighted by molar-refractivity contribution is 0.133. The van der Waals surface area contributed by atoms with Crippen LogP contribution >= 0.6 is 0 Å². The molecule has 0 aromatic carbocycles. The van der Waals surface area contributed by atoms with Gasteiger partial charge in [0.05, 0.1) is 12.1 Å². The van der Waals surface area contributed by atoms with E-state index in [9.17, 15) is 0 Å². The number of likely N-dealkylation sites (tertiary alicyclic amines) is 1. The number of hydrogen-bond acceptors (Lipinski definition) is 5. The quantitative estimate of drug-likeness (QED) is 0.848. The number of hydrogen-bond donors (Lipinski definition) is 0. The molecule has 1 atom stereocenters. The molecule has 2 aliphatic rings. The number of pyridine rings is 1. The maximum atomic E-state index is 4.29. The Morgan fingerprint density at radius 3 is 2.74 bits per heavy atom. The smallest absolute Gasteiger partial charge is 0.168 e. The van der Waals surface area contributed by atoms with E-state index in [1.54, 1.807) is 0 Å². The predicted octanol–water partition coefficient (Wildman–Crippen LogP) is 2.42. The summed E-state index contributed by atoms with van der Waals surface area (Å²) in [5, 5.41) is 12.4. The van der Waals surface area contributed by atoms with Gasteiger partial charge >= 0.3 is 0 Å². The molecule has 6 nitrogen and oxygen atoms in total. The largest absolute Gasteiger partial charge is 0.294 e. The van der Waals surface area contributed by atoms with Gasteiger partial charge in [0.15, 0.2) is 5.82 Å². The molecule has 23 heavy (non-hydrogen) atoms. The van der Waals surface area contributed by atoms with E-state index in [0.29, 0.717) is 12.1 Å². The Morgan fingerprint density at radius 2 is 2.04 bits per heavy atom. The third kappa shape index (κ3) is 3.27. The molecule has 0 amide bonds. The summed E-state index contributed by atoms with van der Waals surface area (Å²) in [5.41, 5.74) is 1.36. The van der Waals surface area contributed by atoms with Crippen LogP contribution in [0.1, 0.15) is 56.1 Å². The van der Waals surface area contributed by atoms with Gasteiger partial charge in [-0.2, -0.15) is 0 Å². The van der Waals surface area contributed by atoms with Crippen molar-refractivity contribution in [3.63, 3.8) is 0 Å². The number of nitrogens with zero attached hydrogens (tertiary/aromatic N) is 6. The molecule has 1 aliphatic heterocycles. The normalized spacial score (nSPS) is 21.4. The van der Waals surface area contributed by atoms with Crippen LogP contribution in [0.2, 0.25) is 0 Å². The molecule has 0 N–H and O–H groups in total. The van der Waals surface area contributed by atoms with E-state index in [2.05, 4.69) is 38.4 Å². The summed E-state index contributed by atoms with van der Waals surface area (Å²) in [4.78, 5) is 6.76. The van der Waals surface area contributed by atoms with Crippen LogP contribution in [-0.4, -0.2) is 43.2 Å². The van der Waals surface area contributed by atoms with Crippen molar-refractivity contribution in [2.45, 2.75) is 51.1 Å². The van der Waals surface area contributed by atoms with Gasteiger partial charge in [-0.3, -0.25) is 9.88 Å². The van der Waals surface area contributed by atoms with Crippen LogP contribution < -0.4 is 0 Å². The van der Waals surface area contributed by atoms with Gasteiger partial charge in [-0.25, -0.2) is 4.68 Å². The zero-order valence-electron chi connectivity index (χ0n) is 13.7. The maximum absolute atomic E-state index is 4.29. The molecule has 3 heterocycles. The Balaban J connectivity index is 1.34. The molecular weight excluding hydrogens is 288 g/mol. The fourth-order valence-electron chi connectivity index (χ4n) is 3.61. The van der Waals surface area contributed by atoms with E-state index in [1.807, 2.05) is 23.1 Å². The average Bonchev–Trinajstić information content (AvgIpc) is 3.33. The monoisotopic (exact) mass is 312 g/mol. The van der Waals surface area contributed by atoms with Crippen LogP contribution in [0.3, 0.4) is 0 Å². The third-order valence-corrected chi connectivity index (χ3v) is 5.23. The molecule has 122 valence electrons. The van der Waals surface area contributed by atoms with E-state index in [1.165, 1.54) is 31.2 Å². The van der Waals surface area contributed by atoms with Crippen LogP contribution in [0.4, 0.5) is 0 Å². The Hall–Kier alpha value is -1.82. The predicted molar refractivity (Wildman–Crippen MR) is 86.7 cm³/mol. The van der Waals surface area contributed by atoms with Crippen molar-refractivity contribution < 1.29 is 0 Å². The Morgan fingerprint density at radius 1 is 1.22 bits per heavy atom. The number of tetrazole rings is 1.